The number of rotatable bonds is 32. The van der Waals surface area contributed by atoms with Crippen molar-refractivity contribution >= 4 is 19.8 Å². The third kappa shape index (κ3) is 32.4. The Hall–Kier alpha value is -1.51. The summed E-state index contributed by atoms with van der Waals surface area (Å²) in [5.74, 6) is -1.06. The van der Waals surface area contributed by atoms with E-state index in [-0.39, 0.29) is 19.6 Å². The van der Waals surface area contributed by atoms with Crippen molar-refractivity contribution in [2.24, 2.45) is 0 Å². The van der Waals surface area contributed by atoms with Gasteiger partial charge in [-0.2, -0.15) is 0 Å². The average Bonchev–Trinajstić information content (AvgIpc) is 2.99. The predicted octanol–water partition coefficient (Wildman–Crippen LogP) is 9.24. The second kappa shape index (κ2) is 29.6. The quantitative estimate of drug-likeness (QED) is 0.0188. The molecule has 1 unspecified atom stereocenters. The summed E-state index contributed by atoms with van der Waals surface area (Å²) in [6, 6.07) is 0. The Labute approximate surface area is 281 Å². The maximum atomic E-state index is 12.5. The molecule has 0 rings (SSSR count). The van der Waals surface area contributed by atoms with Crippen LogP contribution in [0, 0.1) is 0 Å². The monoisotopic (exact) mass is 674 g/mol. The summed E-state index contributed by atoms with van der Waals surface area (Å²) in [6.45, 7) is 4.22. The summed E-state index contributed by atoms with van der Waals surface area (Å²) >= 11 is 0. The zero-order valence-corrected chi connectivity index (χ0v) is 31.0. The van der Waals surface area contributed by atoms with Gasteiger partial charge in [-0.3, -0.25) is 13.8 Å². The smallest absolute Gasteiger partial charge is 0.458 e. The van der Waals surface area contributed by atoms with Gasteiger partial charge in [0.2, 0.25) is 0 Å². The molecule has 0 saturated carbocycles. The first-order chi connectivity index (χ1) is 22.0. The van der Waals surface area contributed by atoms with Crippen LogP contribution < -0.4 is 0 Å². The van der Waals surface area contributed by atoms with Crippen LogP contribution in [0.1, 0.15) is 142 Å². The first-order valence-electron chi connectivity index (χ1n) is 18.1. The summed E-state index contributed by atoms with van der Waals surface area (Å²) in [5.41, 5.74) is 0. The Morgan fingerprint density at radius 3 is 1.78 bits per heavy atom. The van der Waals surface area contributed by atoms with E-state index in [4.69, 9.17) is 18.5 Å². The average molecular weight is 675 g/mol. The lowest BCUT2D eigenvalue weighted by atomic mass is 10.1. The highest BCUT2D eigenvalue weighted by atomic mass is 31.2. The van der Waals surface area contributed by atoms with Gasteiger partial charge in [0, 0.05) is 12.5 Å². The number of phosphoric ester groups is 1. The molecule has 2 atom stereocenters. The number of nitrogens with zero attached hydrogens (tertiary/aromatic N) is 1. The maximum Gasteiger partial charge on any atom is 0.472 e. The summed E-state index contributed by atoms with van der Waals surface area (Å²) < 4.78 is 33.8. The van der Waals surface area contributed by atoms with Crippen molar-refractivity contribution in [2.75, 3.05) is 47.5 Å². The van der Waals surface area contributed by atoms with Gasteiger partial charge in [0.1, 0.15) is 19.8 Å². The Kier molecular flexibility index (Phi) is 28.6. The van der Waals surface area contributed by atoms with Crippen LogP contribution >= 0.6 is 7.82 Å². The van der Waals surface area contributed by atoms with Gasteiger partial charge in [-0.15, -0.1) is 0 Å². The third-order valence-electron chi connectivity index (χ3n) is 7.59. The van der Waals surface area contributed by atoms with Crippen LogP contribution in [0.3, 0.4) is 0 Å². The number of likely N-dealkylation sites (N-methyl/N-ethyl adjacent to an activating group) is 1. The number of unbranched alkanes of at least 4 members (excludes halogenated alkanes) is 17. The van der Waals surface area contributed by atoms with Gasteiger partial charge in [-0.1, -0.05) is 135 Å². The van der Waals surface area contributed by atoms with Crippen molar-refractivity contribution in [1.29, 1.82) is 0 Å². The molecule has 0 aliphatic heterocycles. The number of ether oxygens (including phenoxy) is 2. The number of hydrogen-bond donors (Lipinski definition) is 1. The van der Waals surface area contributed by atoms with Crippen LogP contribution in [0.15, 0.2) is 24.3 Å². The van der Waals surface area contributed by atoms with Crippen molar-refractivity contribution in [1.82, 2.24) is 0 Å². The molecule has 0 amide bonds. The number of carbonyl (C=O) groups is 2. The molecule has 0 radical (unpaired) electrons. The van der Waals surface area contributed by atoms with Gasteiger partial charge in [0.05, 0.1) is 27.7 Å². The molecule has 46 heavy (non-hydrogen) atoms. The van der Waals surface area contributed by atoms with E-state index in [1.807, 2.05) is 33.3 Å². The number of carbonyl (C=O) groups excluding carboxylic acids is 2. The maximum absolute atomic E-state index is 12.5. The van der Waals surface area contributed by atoms with Gasteiger partial charge in [-0.25, -0.2) is 9.36 Å². The van der Waals surface area contributed by atoms with Crippen molar-refractivity contribution in [3.63, 3.8) is 0 Å². The number of hydrogen-bond acceptors (Lipinski definition) is 7. The lowest BCUT2D eigenvalue weighted by molar-refractivity contribution is -0.870. The molecular weight excluding hydrogens is 605 g/mol. The molecule has 0 aromatic carbocycles. The van der Waals surface area contributed by atoms with Crippen molar-refractivity contribution in [2.45, 2.75) is 148 Å². The van der Waals surface area contributed by atoms with Gasteiger partial charge in [-0.05, 0) is 19.3 Å². The van der Waals surface area contributed by atoms with Crippen LogP contribution in [0.2, 0.25) is 0 Å². The van der Waals surface area contributed by atoms with Crippen molar-refractivity contribution in [3.05, 3.63) is 24.3 Å². The summed E-state index contributed by atoms with van der Waals surface area (Å²) in [7, 11) is 1.43. The highest BCUT2D eigenvalue weighted by Gasteiger charge is 2.26. The van der Waals surface area contributed by atoms with Crippen molar-refractivity contribution < 1.29 is 42.1 Å². The molecule has 0 aromatic rings. The molecule has 1 N–H and O–H groups in total. The molecule has 0 aliphatic rings. The molecule has 270 valence electrons. The first kappa shape index (κ1) is 44.5. The van der Waals surface area contributed by atoms with Gasteiger partial charge < -0.3 is 18.9 Å². The summed E-state index contributed by atoms with van der Waals surface area (Å²) in [5, 5.41) is 0. The largest absolute Gasteiger partial charge is 0.472 e. The minimum Gasteiger partial charge on any atom is -0.458 e. The fraction of sp³-hybridized carbons (Fsp3) is 0.833. The van der Waals surface area contributed by atoms with E-state index < -0.39 is 32.5 Å². The molecule has 0 aromatic heterocycles. The Balaban J connectivity index is 4.50. The first-order valence-corrected chi connectivity index (χ1v) is 19.6. The Morgan fingerprint density at radius 2 is 1.24 bits per heavy atom. The topological polar surface area (TPSA) is 108 Å². The van der Waals surface area contributed by atoms with Gasteiger partial charge in [0.25, 0.3) is 0 Å². The van der Waals surface area contributed by atoms with E-state index in [1.54, 1.807) is 6.08 Å². The van der Waals surface area contributed by atoms with E-state index in [2.05, 4.69) is 13.8 Å². The predicted molar refractivity (Wildman–Crippen MR) is 187 cm³/mol. The van der Waals surface area contributed by atoms with E-state index in [1.165, 1.54) is 89.5 Å². The zero-order valence-electron chi connectivity index (χ0n) is 30.1. The van der Waals surface area contributed by atoms with Crippen molar-refractivity contribution in [3.8, 4) is 0 Å². The highest BCUT2D eigenvalue weighted by Crippen LogP contribution is 2.43. The molecule has 0 bridgehead atoms. The number of quaternary nitrogens is 1. The fourth-order valence-corrected chi connectivity index (χ4v) is 5.43. The van der Waals surface area contributed by atoms with E-state index >= 15 is 0 Å². The van der Waals surface area contributed by atoms with Crippen LogP contribution in [0.5, 0.6) is 0 Å². The Bertz CT molecular complexity index is 855. The zero-order chi connectivity index (χ0) is 34.4. The lowest BCUT2D eigenvalue weighted by Crippen LogP contribution is -2.37. The lowest BCUT2D eigenvalue weighted by Gasteiger charge is -2.24. The van der Waals surface area contributed by atoms with E-state index in [0.717, 1.165) is 32.1 Å². The highest BCUT2D eigenvalue weighted by molar-refractivity contribution is 7.47. The van der Waals surface area contributed by atoms with Crippen LogP contribution in [0.4, 0.5) is 0 Å². The van der Waals surface area contributed by atoms with Crippen LogP contribution in [-0.4, -0.2) is 74.9 Å². The number of phosphoric acid groups is 1. The third-order valence-corrected chi connectivity index (χ3v) is 8.57. The summed E-state index contributed by atoms with van der Waals surface area (Å²) in [6.07, 6.45) is 28.8. The molecular formula is C36H69NO8P+. The molecule has 10 heteroatoms. The van der Waals surface area contributed by atoms with Gasteiger partial charge >= 0.3 is 19.8 Å². The number of allylic oxidation sites excluding steroid dienone is 3. The minimum absolute atomic E-state index is 0.0204. The molecule has 0 spiro atoms. The van der Waals surface area contributed by atoms with Crippen LogP contribution in [-0.2, 0) is 32.7 Å². The Morgan fingerprint density at radius 1 is 0.717 bits per heavy atom. The standard InChI is InChI=1S/C36H68NO8P/c1-6-8-10-12-14-15-16-17-18-19-20-21-23-24-26-28-35(38)42-32-34(33-44-46(40,41)43-31-30-37(3,4)5)45-36(39)29-27-25-22-13-11-9-7-2/h23-24,26,28,34H,6-22,25,27,29-33H2,1-5H3/p+1/b24-23+,28-26+/t34-/m0/s1. The SMILES string of the molecule is CCCCCCCCCCCCC/C=C/C=C/C(=O)OC[C@@H](COP(=O)(O)OCC[N+](C)(C)C)OC(=O)CCCCCCCCC. The normalized spacial score (nSPS) is 14.1. The fourth-order valence-electron chi connectivity index (χ4n) is 4.69. The molecule has 0 heterocycles. The minimum atomic E-state index is -4.37. The summed E-state index contributed by atoms with van der Waals surface area (Å²) in [4.78, 5) is 34.8. The molecule has 0 fully saturated rings. The van der Waals surface area contributed by atoms with Gasteiger partial charge in [0.15, 0.2) is 6.10 Å². The molecule has 0 aliphatic carbocycles. The van der Waals surface area contributed by atoms with E-state index in [0.29, 0.717) is 17.4 Å². The number of esters is 2. The second-order valence-corrected chi connectivity index (χ2v) is 14.8. The van der Waals surface area contributed by atoms with E-state index in [9.17, 15) is 19.0 Å². The van der Waals surface area contributed by atoms with Crippen LogP contribution in [0.25, 0.3) is 0 Å². The second-order valence-electron chi connectivity index (χ2n) is 13.3. The molecule has 0 saturated heterocycles. The molecule has 9 nitrogen and oxygen atoms in total.